The zero-order chi connectivity index (χ0) is 6.85. The number of carbonyl (C=O) groups is 2. The largest absolute Gasteiger partial charge is 0.415 e. The molecule has 0 aromatic heterocycles. The van der Waals surface area contributed by atoms with Gasteiger partial charge in [0, 0.05) is 5.57 Å². The number of ether oxygens (including phenoxy) is 1. The molecular weight excluding hydrogens is 122 g/mol. The summed E-state index contributed by atoms with van der Waals surface area (Å²) in [4.78, 5) is 20.6. The van der Waals surface area contributed by atoms with Crippen molar-refractivity contribution in [3.63, 3.8) is 0 Å². The third-order valence-electron chi connectivity index (χ3n) is 0.920. The number of nitrogens with one attached hydrogen (secondary N) is 1. The molecule has 48 valence electrons. The van der Waals surface area contributed by atoms with Crippen LogP contribution in [0.5, 0.6) is 0 Å². The van der Waals surface area contributed by atoms with Crippen LogP contribution in [0, 0.1) is 0 Å². The molecule has 1 amide bonds. The van der Waals surface area contributed by atoms with Crippen molar-refractivity contribution in [2.24, 2.45) is 0 Å². The van der Waals surface area contributed by atoms with Crippen molar-refractivity contribution in [3.8, 4) is 0 Å². The molecule has 1 saturated heterocycles. The Bertz CT molecular complexity index is 185. The van der Waals surface area contributed by atoms with Crippen LogP contribution < -0.4 is 5.32 Å². The van der Waals surface area contributed by atoms with Gasteiger partial charge in [-0.15, -0.1) is 0 Å². The lowest BCUT2D eigenvalue weighted by Gasteiger charge is -2.11. The predicted octanol–water partition coefficient (Wildman–Crippen LogP) is -0.191. The van der Waals surface area contributed by atoms with Gasteiger partial charge in [-0.25, -0.2) is 9.59 Å². The number of alkyl carbamates (subject to hydrolysis) is 1. The van der Waals surface area contributed by atoms with E-state index in [2.05, 4.69) is 16.6 Å². The molecule has 9 heavy (non-hydrogen) atoms. The summed E-state index contributed by atoms with van der Waals surface area (Å²) in [7, 11) is 0. The van der Waals surface area contributed by atoms with Gasteiger partial charge in [0.1, 0.15) is 0 Å². The highest BCUT2D eigenvalue weighted by Crippen LogP contribution is 1.98. The van der Waals surface area contributed by atoms with Gasteiger partial charge in [-0.05, 0) is 0 Å². The van der Waals surface area contributed by atoms with Crippen LogP contribution in [0.3, 0.4) is 0 Å². The molecule has 0 bridgehead atoms. The van der Waals surface area contributed by atoms with Crippen LogP contribution in [-0.4, -0.2) is 18.6 Å². The topological polar surface area (TPSA) is 55.4 Å². The van der Waals surface area contributed by atoms with E-state index in [0.717, 1.165) is 0 Å². The van der Waals surface area contributed by atoms with Crippen molar-refractivity contribution in [3.05, 3.63) is 12.2 Å². The van der Waals surface area contributed by atoms with E-state index in [1.807, 2.05) is 0 Å². The van der Waals surface area contributed by atoms with Gasteiger partial charge in [-0.3, -0.25) is 0 Å². The normalized spacial score (nSPS) is 18.9. The fraction of sp³-hybridized carbons (Fsp3) is 0.200. The Labute approximate surface area is 51.5 Å². The van der Waals surface area contributed by atoms with Crippen molar-refractivity contribution in [1.82, 2.24) is 5.32 Å². The lowest BCUT2D eigenvalue weighted by Crippen LogP contribution is -2.36. The lowest BCUT2D eigenvalue weighted by atomic mass is 10.3. The monoisotopic (exact) mass is 127 g/mol. The first-order valence-corrected chi connectivity index (χ1v) is 2.38. The van der Waals surface area contributed by atoms with E-state index < -0.39 is 12.1 Å². The second kappa shape index (κ2) is 1.89. The third kappa shape index (κ3) is 1.07. The van der Waals surface area contributed by atoms with Crippen LogP contribution in [0.1, 0.15) is 0 Å². The first-order chi connectivity index (χ1) is 4.20. The zero-order valence-electron chi connectivity index (χ0n) is 4.64. The second-order valence-corrected chi connectivity index (χ2v) is 1.63. The number of hydrogen-bond donors (Lipinski definition) is 1. The van der Waals surface area contributed by atoms with E-state index in [1.54, 1.807) is 0 Å². The highest BCUT2D eigenvalue weighted by Gasteiger charge is 2.19. The molecule has 0 unspecified atom stereocenters. The quantitative estimate of drug-likeness (QED) is 0.279. The fourth-order valence-electron chi connectivity index (χ4n) is 0.443. The summed E-state index contributed by atoms with van der Waals surface area (Å²) in [6.07, 6.45) is -0.701. The fourth-order valence-corrected chi connectivity index (χ4v) is 0.443. The molecule has 0 radical (unpaired) electrons. The summed E-state index contributed by atoms with van der Waals surface area (Å²) >= 11 is 0. The standard InChI is InChI=1S/C5H5NO3/c1-3-2-6-5(8)9-4(3)7/h1-2H2,(H,6,8). The molecule has 1 aliphatic rings. The summed E-state index contributed by atoms with van der Waals surface area (Å²) in [5, 5.41) is 2.28. The molecular formula is C5H5NO3. The molecule has 0 aliphatic carbocycles. The van der Waals surface area contributed by atoms with Crippen LogP contribution in [0.25, 0.3) is 0 Å². The molecule has 1 rings (SSSR count). The third-order valence-corrected chi connectivity index (χ3v) is 0.920. The SMILES string of the molecule is C=C1CNC(=O)OC1=O. The first-order valence-electron chi connectivity index (χ1n) is 2.38. The summed E-state index contributed by atoms with van der Waals surface area (Å²) in [6.45, 7) is 3.53. The van der Waals surface area contributed by atoms with Gasteiger partial charge in [0.25, 0.3) is 0 Å². The number of esters is 1. The minimum atomic E-state index is -0.701. The highest BCUT2D eigenvalue weighted by molar-refractivity contribution is 5.98. The minimum Gasteiger partial charge on any atom is -0.373 e. The van der Waals surface area contributed by atoms with Crippen LogP contribution in [0.15, 0.2) is 12.2 Å². The van der Waals surface area contributed by atoms with E-state index >= 15 is 0 Å². The Kier molecular flexibility index (Phi) is 1.22. The minimum absolute atomic E-state index is 0.192. The average molecular weight is 127 g/mol. The van der Waals surface area contributed by atoms with Crippen LogP contribution in [-0.2, 0) is 9.53 Å². The molecule has 0 aromatic carbocycles. The smallest absolute Gasteiger partial charge is 0.373 e. The highest BCUT2D eigenvalue weighted by atomic mass is 16.6. The maximum atomic E-state index is 10.4. The van der Waals surface area contributed by atoms with Crippen LogP contribution in [0.4, 0.5) is 4.79 Å². The molecule has 4 nitrogen and oxygen atoms in total. The first kappa shape index (κ1) is 5.81. The van der Waals surface area contributed by atoms with Gasteiger partial charge in [-0.1, -0.05) is 6.58 Å². The predicted molar refractivity (Wildman–Crippen MR) is 28.6 cm³/mol. The Morgan fingerprint density at radius 3 is 2.67 bits per heavy atom. The molecule has 4 heteroatoms. The molecule has 0 spiro atoms. The lowest BCUT2D eigenvalue weighted by molar-refractivity contribution is -0.134. The van der Waals surface area contributed by atoms with Crippen LogP contribution in [0.2, 0.25) is 0 Å². The van der Waals surface area contributed by atoms with Gasteiger partial charge in [0.05, 0.1) is 6.54 Å². The average Bonchev–Trinajstić information content (AvgIpc) is 1.80. The maximum Gasteiger partial charge on any atom is 0.415 e. The van der Waals surface area contributed by atoms with Crippen molar-refractivity contribution < 1.29 is 14.3 Å². The van der Waals surface area contributed by atoms with E-state index in [1.165, 1.54) is 0 Å². The molecule has 1 N–H and O–H groups in total. The summed E-state index contributed by atoms with van der Waals surface area (Å²) in [5.74, 6) is -0.640. The van der Waals surface area contributed by atoms with E-state index in [0.29, 0.717) is 0 Å². The van der Waals surface area contributed by atoms with Gasteiger partial charge in [0.15, 0.2) is 0 Å². The number of hydrogen-bond acceptors (Lipinski definition) is 3. The summed E-state index contributed by atoms with van der Waals surface area (Å²) in [6, 6.07) is 0. The maximum absolute atomic E-state index is 10.4. The zero-order valence-corrected chi connectivity index (χ0v) is 4.64. The number of cyclic esters (lactones) is 2. The van der Waals surface area contributed by atoms with Crippen molar-refractivity contribution in [2.45, 2.75) is 0 Å². The summed E-state index contributed by atoms with van der Waals surface area (Å²) in [5.41, 5.74) is 0.273. The number of amides is 1. The van der Waals surface area contributed by atoms with Gasteiger partial charge >= 0.3 is 12.1 Å². The Hall–Kier alpha value is -1.32. The van der Waals surface area contributed by atoms with E-state index in [9.17, 15) is 9.59 Å². The Morgan fingerprint density at radius 1 is 1.56 bits per heavy atom. The Balaban J connectivity index is 2.64. The van der Waals surface area contributed by atoms with E-state index in [4.69, 9.17) is 0 Å². The molecule has 1 heterocycles. The van der Waals surface area contributed by atoms with Crippen molar-refractivity contribution >= 4 is 12.1 Å². The number of rotatable bonds is 0. The van der Waals surface area contributed by atoms with Gasteiger partial charge in [0.2, 0.25) is 0 Å². The van der Waals surface area contributed by atoms with Gasteiger partial charge < -0.3 is 10.1 Å². The van der Waals surface area contributed by atoms with Gasteiger partial charge in [-0.2, -0.15) is 0 Å². The molecule has 0 saturated carbocycles. The van der Waals surface area contributed by atoms with Crippen LogP contribution >= 0.6 is 0 Å². The molecule has 0 aromatic rings. The van der Waals surface area contributed by atoms with E-state index in [-0.39, 0.29) is 12.1 Å². The number of carbonyl (C=O) groups excluding carboxylic acids is 2. The molecule has 1 fully saturated rings. The van der Waals surface area contributed by atoms with Crippen molar-refractivity contribution in [1.29, 1.82) is 0 Å². The Morgan fingerprint density at radius 2 is 2.22 bits per heavy atom. The van der Waals surface area contributed by atoms with Crippen molar-refractivity contribution in [2.75, 3.05) is 6.54 Å². The molecule has 0 atom stereocenters. The summed E-state index contributed by atoms with van der Waals surface area (Å²) < 4.78 is 4.11. The molecule has 1 aliphatic heterocycles. The second-order valence-electron chi connectivity index (χ2n) is 1.63.